The van der Waals surface area contributed by atoms with E-state index in [1.54, 1.807) is 17.8 Å². The molecule has 0 N–H and O–H groups in total. The normalized spacial score (nSPS) is 19.1. The second kappa shape index (κ2) is 2.35. The Morgan fingerprint density at radius 3 is 2.88 bits per heavy atom. The molecule has 0 saturated carbocycles. The van der Waals surface area contributed by atoms with Crippen LogP contribution in [0.3, 0.4) is 0 Å². The number of hydrogen-bond donors (Lipinski definition) is 0. The summed E-state index contributed by atoms with van der Waals surface area (Å²) in [6.07, 6.45) is 2.75. The topological polar surface area (TPSA) is 17.1 Å². The first kappa shape index (κ1) is 5.89. The summed E-state index contributed by atoms with van der Waals surface area (Å²) in [5.74, 6) is 0.940. The third-order valence-electron chi connectivity index (χ3n) is 1.07. The first-order chi connectivity index (χ1) is 3.83. The molecule has 0 saturated heterocycles. The van der Waals surface area contributed by atoms with E-state index in [9.17, 15) is 4.79 Å². The van der Waals surface area contributed by atoms with Gasteiger partial charge in [-0.1, -0.05) is 6.92 Å². The lowest BCUT2D eigenvalue weighted by molar-refractivity contribution is -0.112. The monoisotopic (exact) mass is 128 g/mol. The minimum atomic E-state index is 0.270. The van der Waals surface area contributed by atoms with Crippen LogP contribution in [0.2, 0.25) is 0 Å². The molecule has 0 spiro atoms. The molecule has 0 bridgehead atoms. The van der Waals surface area contributed by atoms with Crippen molar-refractivity contribution in [1.82, 2.24) is 0 Å². The first-order valence-electron chi connectivity index (χ1n) is 2.69. The zero-order valence-corrected chi connectivity index (χ0v) is 5.62. The largest absolute Gasteiger partial charge is 0.294 e. The quantitative estimate of drug-likeness (QED) is 0.533. The van der Waals surface area contributed by atoms with Crippen molar-refractivity contribution in [3.63, 3.8) is 0 Å². The maximum absolute atomic E-state index is 10.5. The van der Waals surface area contributed by atoms with E-state index in [2.05, 4.69) is 6.92 Å². The Kier molecular flexibility index (Phi) is 1.73. The Bertz CT molecular complexity index is 137. The summed E-state index contributed by atoms with van der Waals surface area (Å²) in [5.41, 5.74) is 0. The van der Waals surface area contributed by atoms with Gasteiger partial charge in [-0.25, -0.2) is 0 Å². The van der Waals surface area contributed by atoms with Crippen molar-refractivity contribution in [3.8, 4) is 0 Å². The third kappa shape index (κ3) is 1.13. The third-order valence-corrected chi connectivity index (χ3v) is 2.28. The Hall–Kier alpha value is -0.240. The van der Waals surface area contributed by atoms with Crippen LogP contribution in [0, 0.1) is 0 Å². The highest BCUT2D eigenvalue weighted by atomic mass is 32.2. The molecule has 1 heterocycles. The predicted octanol–water partition coefficient (Wildman–Crippen LogP) is 1.60. The SMILES string of the molecule is CCC1=CC(=O)CS1. The zero-order valence-electron chi connectivity index (χ0n) is 4.81. The molecule has 1 rings (SSSR count). The van der Waals surface area contributed by atoms with E-state index in [0.717, 1.165) is 6.42 Å². The van der Waals surface area contributed by atoms with Gasteiger partial charge in [-0.15, -0.1) is 11.8 Å². The van der Waals surface area contributed by atoms with Crippen molar-refractivity contribution in [2.24, 2.45) is 0 Å². The first-order valence-corrected chi connectivity index (χ1v) is 3.67. The van der Waals surface area contributed by atoms with E-state index >= 15 is 0 Å². The minimum Gasteiger partial charge on any atom is -0.294 e. The Labute approximate surface area is 53.2 Å². The van der Waals surface area contributed by atoms with Gasteiger partial charge in [0.25, 0.3) is 0 Å². The van der Waals surface area contributed by atoms with Crippen LogP contribution in [-0.4, -0.2) is 11.5 Å². The Balaban J connectivity index is 2.57. The van der Waals surface area contributed by atoms with Gasteiger partial charge in [0, 0.05) is 0 Å². The van der Waals surface area contributed by atoms with E-state index in [1.807, 2.05) is 0 Å². The highest BCUT2D eigenvalue weighted by molar-refractivity contribution is 8.04. The van der Waals surface area contributed by atoms with E-state index in [0.29, 0.717) is 5.75 Å². The van der Waals surface area contributed by atoms with E-state index in [4.69, 9.17) is 0 Å². The van der Waals surface area contributed by atoms with Gasteiger partial charge in [-0.3, -0.25) is 4.79 Å². The molecule has 1 aliphatic rings. The van der Waals surface area contributed by atoms with Crippen LogP contribution in [0.1, 0.15) is 13.3 Å². The smallest absolute Gasteiger partial charge is 0.166 e. The van der Waals surface area contributed by atoms with Gasteiger partial charge < -0.3 is 0 Å². The molecule has 0 radical (unpaired) electrons. The van der Waals surface area contributed by atoms with Crippen LogP contribution in [0.5, 0.6) is 0 Å². The van der Waals surface area contributed by atoms with Gasteiger partial charge in [0.1, 0.15) is 0 Å². The van der Waals surface area contributed by atoms with Crippen molar-refractivity contribution in [2.75, 3.05) is 5.75 Å². The summed E-state index contributed by atoms with van der Waals surface area (Å²) in [7, 11) is 0. The number of thioether (sulfide) groups is 1. The molecule has 0 aromatic carbocycles. The van der Waals surface area contributed by atoms with Gasteiger partial charge >= 0.3 is 0 Å². The highest BCUT2D eigenvalue weighted by Crippen LogP contribution is 2.24. The molecule has 1 nitrogen and oxygen atoms in total. The lowest BCUT2D eigenvalue weighted by Crippen LogP contribution is -1.86. The Morgan fingerprint density at radius 2 is 2.62 bits per heavy atom. The molecule has 0 aliphatic carbocycles. The van der Waals surface area contributed by atoms with Gasteiger partial charge in [0.2, 0.25) is 0 Å². The maximum Gasteiger partial charge on any atom is 0.166 e. The van der Waals surface area contributed by atoms with Crippen LogP contribution in [-0.2, 0) is 4.79 Å². The standard InChI is InChI=1S/C6H8OS/c1-2-6-3-5(7)4-8-6/h3H,2,4H2,1H3. The molecule has 0 amide bonds. The van der Waals surface area contributed by atoms with Crippen molar-refractivity contribution in [1.29, 1.82) is 0 Å². The van der Waals surface area contributed by atoms with Gasteiger partial charge in [0.05, 0.1) is 5.75 Å². The van der Waals surface area contributed by atoms with Crippen LogP contribution in [0.25, 0.3) is 0 Å². The second-order valence-electron chi connectivity index (χ2n) is 1.72. The average Bonchev–Trinajstić information content (AvgIpc) is 2.14. The Morgan fingerprint density at radius 1 is 1.88 bits per heavy atom. The fraction of sp³-hybridized carbons (Fsp3) is 0.500. The molecule has 8 heavy (non-hydrogen) atoms. The summed E-state index contributed by atoms with van der Waals surface area (Å²) in [6, 6.07) is 0. The predicted molar refractivity (Wildman–Crippen MR) is 35.8 cm³/mol. The molecule has 0 unspecified atom stereocenters. The molecule has 44 valence electrons. The fourth-order valence-electron chi connectivity index (χ4n) is 0.631. The van der Waals surface area contributed by atoms with Crippen LogP contribution < -0.4 is 0 Å². The highest BCUT2D eigenvalue weighted by Gasteiger charge is 2.09. The van der Waals surface area contributed by atoms with Crippen molar-refractivity contribution in [3.05, 3.63) is 11.0 Å². The van der Waals surface area contributed by atoms with Crippen molar-refractivity contribution in [2.45, 2.75) is 13.3 Å². The van der Waals surface area contributed by atoms with Gasteiger partial charge in [-0.2, -0.15) is 0 Å². The van der Waals surface area contributed by atoms with E-state index < -0.39 is 0 Å². The summed E-state index contributed by atoms with van der Waals surface area (Å²) in [4.78, 5) is 11.7. The molecular weight excluding hydrogens is 120 g/mol. The molecule has 2 heteroatoms. The molecule has 0 atom stereocenters. The van der Waals surface area contributed by atoms with Gasteiger partial charge in [0.15, 0.2) is 5.78 Å². The lowest BCUT2D eigenvalue weighted by Gasteiger charge is -1.87. The molecule has 0 fully saturated rings. The molecule has 0 aromatic rings. The molecule has 0 aromatic heterocycles. The van der Waals surface area contributed by atoms with Crippen LogP contribution in [0.4, 0.5) is 0 Å². The number of ketones is 1. The number of carbonyl (C=O) groups is 1. The van der Waals surface area contributed by atoms with Crippen molar-refractivity contribution >= 4 is 17.5 Å². The second-order valence-corrected chi connectivity index (χ2v) is 2.82. The summed E-state index contributed by atoms with van der Waals surface area (Å²) in [6.45, 7) is 2.07. The van der Waals surface area contributed by atoms with Gasteiger partial charge in [-0.05, 0) is 17.4 Å². The van der Waals surface area contributed by atoms with Crippen LogP contribution >= 0.6 is 11.8 Å². The number of hydrogen-bond acceptors (Lipinski definition) is 2. The molecule has 1 aliphatic heterocycles. The maximum atomic E-state index is 10.5. The summed E-state index contributed by atoms with van der Waals surface area (Å²) >= 11 is 1.66. The number of rotatable bonds is 1. The number of allylic oxidation sites excluding steroid dienone is 2. The van der Waals surface area contributed by atoms with Crippen molar-refractivity contribution < 1.29 is 4.79 Å². The summed E-state index contributed by atoms with van der Waals surface area (Å²) in [5, 5.41) is 0. The fourth-order valence-corrected chi connectivity index (χ4v) is 1.46. The zero-order chi connectivity index (χ0) is 5.98. The van der Waals surface area contributed by atoms with E-state index in [1.165, 1.54) is 4.91 Å². The van der Waals surface area contributed by atoms with Crippen LogP contribution in [0.15, 0.2) is 11.0 Å². The average molecular weight is 128 g/mol. The number of carbonyl (C=O) groups excluding carboxylic acids is 1. The minimum absolute atomic E-state index is 0.270. The van der Waals surface area contributed by atoms with E-state index in [-0.39, 0.29) is 5.78 Å². The lowest BCUT2D eigenvalue weighted by atomic mass is 10.3. The molecular formula is C6H8OS. The summed E-state index contributed by atoms with van der Waals surface area (Å²) < 4.78 is 0.